The van der Waals surface area contributed by atoms with Crippen molar-refractivity contribution in [1.82, 2.24) is 0 Å². The van der Waals surface area contributed by atoms with Gasteiger partial charge in [-0.25, -0.2) is 0 Å². The molecule has 0 heterocycles. The van der Waals surface area contributed by atoms with Gasteiger partial charge in [-0.3, -0.25) is 0 Å². The molecule has 0 aliphatic heterocycles. The summed E-state index contributed by atoms with van der Waals surface area (Å²) in [5, 5.41) is 2.74. The first-order chi connectivity index (χ1) is 16.2. The van der Waals surface area contributed by atoms with Crippen LogP contribution >= 0.6 is 17.0 Å². The van der Waals surface area contributed by atoms with Crippen molar-refractivity contribution in [3.05, 3.63) is 89.5 Å². The van der Waals surface area contributed by atoms with Crippen LogP contribution in [0.15, 0.2) is 72.8 Å². The van der Waals surface area contributed by atoms with E-state index in [4.69, 9.17) is 17.0 Å². The third kappa shape index (κ3) is 6.69. The van der Waals surface area contributed by atoms with Crippen molar-refractivity contribution in [3.8, 4) is 22.3 Å². The molecule has 0 fully saturated rings. The summed E-state index contributed by atoms with van der Waals surface area (Å²) in [6, 6.07) is 27.6. The van der Waals surface area contributed by atoms with Gasteiger partial charge in [-0.05, 0) is 52.0 Å². The molecule has 0 saturated heterocycles. The Kier molecular flexibility index (Phi) is 10.1. The minimum absolute atomic E-state index is 0.507. The number of hydrogen-bond acceptors (Lipinski definition) is 0. The van der Waals surface area contributed by atoms with Gasteiger partial charge < -0.3 is 0 Å². The van der Waals surface area contributed by atoms with E-state index in [0.29, 0.717) is 17.8 Å². The van der Waals surface area contributed by atoms with Gasteiger partial charge in [-0.2, -0.15) is 6.07 Å². The molecular formula is C31H35Cl2Zr-. The second-order valence-corrected chi connectivity index (χ2v) is 13.8. The standard InChI is InChI=1S/C31H35.2ClH.Zr/c1-20(2)14-23-15-25-12-13-29(24-10-8-7-9-11-24)31(30(25)16-23)28-18-26(21(3)4)17-27(19-28)22(5)6;;;/h7-13,15-22H,14H2,1-6H3;2*1H;/q-1;;;+2/p-2. The Morgan fingerprint density at radius 3 is 1.85 bits per heavy atom. The normalized spacial score (nSPS) is 11.3. The quantitative estimate of drug-likeness (QED) is 0.203. The van der Waals surface area contributed by atoms with Gasteiger partial charge in [0.25, 0.3) is 0 Å². The SMILES string of the molecule is CC(C)Cc1cc2c(-c3cc(C(C)C)cc(C(C)C)c3)c(-c3ccccc3)ccc2[cH-]1.[Cl][Zr][Cl]. The van der Waals surface area contributed by atoms with Crippen LogP contribution in [0.25, 0.3) is 33.0 Å². The van der Waals surface area contributed by atoms with E-state index in [1.165, 1.54) is 49.7 Å². The van der Waals surface area contributed by atoms with E-state index < -0.39 is 20.8 Å². The molecule has 0 aromatic heterocycles. The first kappa shape index (κ1) is 27.3. The van der Waals surface area contributed by atoms with Crippen molar-refractivity contribution >= 4 is 27.8 Å². The molecule has 0 atom stereocenters. The molecule has 3 heteroatoms. The molecule has 4 aromatic rings. The topological polar surface area (TPSA) is 0 Å². The van der Waals surface area contributed by atoms with Gasteiger partial charge in [0.1, 0.15) is 0 Å². The van der Waals surface area contributed by atoms with Crippen LogP contribution < -0.4 is 0 Å². The van der Waals surface area contributed by atoms with Gasteiger partial charge in [0, 0.05) is 0 Å². The van der Waals surface area contributed by atoms with Crippen molar-refractivity contribution in [2.75, 3.05) is 0 Å². The molecule has 0 saturated carbocycles. The van der Waals surface area contributed by atoms with Gasteiger partial charge in [0.15, 0.2) is 0 Å². The van der Waals surface area contributed by atoms with Crippen molar-refractivity contribution in [1.29, 1.82) is 0 Å². The predicted octanol–water partition coefficient (Wildman–Crippen LogP) is 10.7. The molecule has 0 N–H and O–H groups in total. The van der Waals surface area contributed by atoms with Crippen LogP contribution in [0.2, 0.25) is 0 Å². The third-order valence-corrected chi connectivity index (χ3v) is 6.28. The van der Waals surface area contributed by atoms with Crippen LogP contribution in [0.3, 0.4) is 0 Å². The van der Waals surface area contributed by atoms with E-state index in [-0.39, 0.29) is 0 Å². The molecular weight excluding hydrogens is 534 g/mol. The van der Waals surface area contributed by atoms with E-state index in [9.17, 15) is 0 Å². The molecule has 0 radical (unpaired) electrons. The summed E-state index contributed by atoms with van der Waals surface area (Å²) in [6.45, 7) is 13.8. The Labute approximate surface area is 224 Å². The van der Waals surface area contributed by atoms with Crippen molar-refractivity contribution < 1.29 is 20.8 Å². The number of fused-ring (bicyclic) bond motifs is 1. The molecule has 4 rings (SSSR count). The van der Waals surface area contributed by atoms with Crippen LogP contribution in [0.4, 0.5) is 0 Å². The molecule has 0 bridgehead atoms. The van der Waals surface area contributed by atoms with Gasteiger partial charge in [0.05, 0.1) is 0 Å². The van der Waals surface area contributed by atoms with E-state index in [2.05, 4.69) is 114 Å². The summed E-state index contributed by atoms with van der Waals surface area (Å²) in [4.78, 5) is 0. The molecule has 4 aromatic carbocycles. The molecule has 34 heavy (non-hydrogen) atoms. The van der Waals surface area contributed by atoms with E-state index >= 15 is 0 Å². The Hall–Kier alpha value is -1.27. The van der Waals surface area contributed by atoms with Crippen molar-refractivity contribution in [2.24, 2.45) is 5.92 Å². The van der Waals surface area contributed by atoms with Crippen LogP contribution in [-0.4, -0.2) is 0 Å². The number of rotatable bonds is 6. The molecule has 178 valence electrons. The summed E-state index contributed by atoms with van der Waals surface area (Å²) < 4.78 is 0. The molecule has 0 spiro atoms. The predicted molar refractivity (Wildman–Crippen MR) is 149 cm³/mol. The molecule has 0 nitrogen and oxygen atoms in total. The molecule has 0 aliphatic rings. The van der Waals surface area contributed by atoms with Gasteiger partial charge >= 0.3 is 37.9 Å². The Bertz CT molecular complexity index is 1180. The first-order valence-corrected chi connectivity index (χ1v) is 18.5. The van der Waals surface area contributed by atoms with Crippen molar-refractivity contribution in [2.45, 2.75) is 59.8 Å². The average Bonchev–Trinajstić information content (AvgIpc) is 3.20. The second-order valence-electron chi connectivity index (χ2n) is 10.1. The molecule has 0 amide bonds. The second kappa shape index (κ2) is 12.6. The minimum atomic E-state index is -0.826. The maximum atomic E-state index is 4.93. The summed E-state index contributed by atoms with van der Waals surface area (Å²) in [5.41, 5.74) is 9.62. The number of benzene rings is 3. The van der Waals surface area contributed by atoms with Crippen LogP contribution in [0.1, 0.15) is 70.1 Å². The molecule has 0 unspecified atom stereocenters. The van der Waals surface area contributed by atoms with Crippen molar-refractivity contribution in [3.63, 3.8) is 0 Å². The zero-order valence-corrected chi connectivity index (χ0v) is 25.1. The van der Waals surface area contributed by atoms with Crippen LogP contribution in [-0.2, 0) is 27.3 Å². The van der Waals surface area contributed by atoms with Crippen LogP contribution in [0.5, 0.6) is 0 Å². The fourth-order valence-electron chi connectivity index (χ4n) is 4.59. The fourth-order valence-corrected chi connectivity index (χ4v) is 4.59. The van der Waals surface area contributed by atoms with E-state index in [0.717, 1.165) is 6.42 Å². The first-order valence-electron chi connectivity index (χ1n) is 12.1. The third-order valence-electron chi connectivity index (χ3n) is 6.28. The summed E-state index contributed by atoms with van der Waals surface area (Å²) in [5.74, 6) is 1.67. The van der Waals surface area contributed by atoms with E-state index in [1.54, 1.807) is 0 Å². The number of halogens is 2. The summed E-state index contributed by atoms with van der Waals surface area (Å²) in [6.07, 6.45) is 1.12. The van der Waals surface area contributed by atoms with Gasteiger partial charge in [0.2, 0.25) is 0 Å². The van der Waals surface area contributed by atoms with Gasteiger partial charge in [-0.1, -0.05) is 102 Å². The van der Waals surface area contributed by atoms with E-state index in [1.807, 2.05) is 0 Å². The van der Waals surface area contributed by atoms with Gasteiger partial charge in [-0.15, -0.1) is 28.5 Å². The van der Waals surface area contributed by atoms with Crippen LogP contribution in [0, 0.1) is 5.92 Å². The molecule has 0 aliphatic carbocycles. The average molecular weight is 570 g/mol. The zero-order chi connectivity index (χ0) is 24.8. The monoisotopic (exact) mass is 567 g/mol. The summed E-state index contributed by atoms with van der Waals surface area (Å²) in [7, 11) is 9.87. The Balaban J connectivity index is 0.00000103. The Morgan fingerprint density at radius 1 is 0.735 bits per heavy atom. The fraction of sp³-hybridized carbons (Fsp3) is 0.323. The maximum absolute atomic E-state index is 4.93. The summed E-state index contributed by atoms with van der Waals surface area (Å²) >= 11 is -0.826. The number of hydrogen-bond donors (Lipinski definition) is 0. The zero-order valence-electron chi connectivity index (χ0n) is 21.1. The Morgan fingerprint density at radius 2 is 1.32 bits per heavy atom.